The number of nitrogens with one attached hydrogen (secondary N) is 1. The van der Waals surface area contributed by atoms with Gasteiger partial charge in [-0.15, -0.1) is 0 Å². The first kappa shape index (κ1) is 23.2. The largest absolute Gasteiger partial charge is 0.365 e. The molecule has 0 radical (unpaired) electrons. The molecule has 6 nitrogen and oxygen atoms in total. The molecule has 1 saturated carbocycles. The predicted molar refractivity (Wildman–Crippen MR) is 129 cm³/mol. The first-order valence-corrected chi connectivity index (χ1v) is 12.5. The van der Waals surface area contributed by atoms with E-state index < -0.39 is 17.7 Å². The summed E-state index contributed by atoms with van der Waals surface area (Å²) in [6.07, 6.45) is 9.12. The van der Waals surface area contributed by atoms with Crippen LogP contribution in [0.3, 0.4) is 0 Å². The number of rotatable bonds is 6. The van der Waals surface area contributed by atoms with E-state index in [2.05, 4.69) is 20.2 Å². The zero-order valence-electron chi connectivity index (χ0n) is 19.9. The van der Waals surface area contributed by atoms with Crippen molar-refractivity contribution in [1.29, 1.82) is 0 Å². The topological polar surface area (TPSA) is 67.4 Å². The highest BCUT2D eigenvalue weighted by Gasteiger charge is 2.42. The van der Waals surface area contributed by atoms with Crippen LogP contribution in [0.5, 0.6) is 0 Å². The Labute approximate surface area is 208 Å². The molecule has 1 aliphatic carbocycles. The van der Waals surface area contributed by atoms with Gasteiger partial charge in [0.05, 0.1) is 23.9 Å². The van der Waals surface area contributed by atoms with Gasteiger partial charge in [0.15, 0.2) is 11.6 Å². The third kappa shape index (κ3) is 4.51. The number of hydrogen-bond donors (Lipinski definition) is 1. The van der Waals surface area contributed by atoms with Crippen molar-refractivity contribution >= 4 is 5.91 Å². The molecule has 1 aromatic carbocycles. The van der Waals surface area contributed by atoms with Crippen LogP contribution in [0.25, 0.3) is 0 Å². The number of piperidine rings is 1. The quantitative estimate of drug-likeness (QED) is 0.555. The molecule has 8 heteroatoms. The number of amides is 1. The zero-order chi connectivity index (χ0) is 24.7. The first-order chi connectivity index (χ1) is 17.5. The number of hydrogen-bond acceptors (Lipinski definition) is 5. The molecule has 6 rings (SSSR count). The lowest BCUT2D eigenvalue weighted by atomic mass is 9.84. The van der Waals surface area contributed by atoms with E-state index in [0.717, 1.165) is 63.0 Å². The second-order valence-electron chi connectivity index (χ2n) is 10.1. The summed E-state index contributed by atoms with van der Waals surface area (Å²) in [5.41, 5.74) is 4.37. The maximum atomic E-state index is 14.0. The van der Waals surface area contributed by atoms with E-state index in [4.69, 9.17) is 4.74 Å². The smallest absolute Gasteiger partial charge is 0.223 e. The number of fused-ring (bicyclic) bond motifs is 2. The number of pyridine rings is 2. The van der Waals surface area contributed by atoms with Gasteiger partial charge in [-0.2, -0.15) is 0 Å². The Morgan fingerprint density at radius 2 is 1.94 bits per heavy atom. The molecular weight excluding hydrogens is 462 g/mol. The van der Waals surface area contributed by atoms with E-state index in [0.29, 0.717) is 17.9 Å². The summed E-state index contributed by atoms with van der Waals surface area (Å²) in [7, 11) is 0. The van der Waals surface area contributed by atoms with Gasteiger partial charge in [0.1, 0.15) is 0 Å². The van der Waals surface area contributed by atoms with Crippen LogP contribution in [0.4, 0.5) is 8.78 Å². The molecule has 2 aliphatic heterocycles. The van der Waals surface area contributed by atoms with E-state index in [1.165, 1.54) is 17.2 Å². The fraction of sp³-hybridized carbons (Fsp3) is 0.393. The summed E-state index contributed by atoms with van der Waals surface area (Å²) < 4.78 is 33.7. The van der Waals surface area contributed by atoms with Crippen molar-refractivity contribution in [3.05, 3.63) is 94.6 Å². The normalized spacial score (nSPS) is 19.7. The minimum absolute atomic E-state index is 0.00828. The number of benzene rings is 1. The number of halogens is 2. The molecular formula is C28H28F2N4O2. The highest BCUT2D eigenvalue weighted by Crippen LogP contribution is 2.43. The molecule has 36 heavy (non-hydrogen) atoms. The Kier molecular flexibility index (Phi) is 6.01. The standard InChI is InChI=1S/C28H28F2N4O2/c29-23-5-4-20(13-24(23)30)26(33-27(35)19-2-3-19)25-6-1-18(14-32-25)16-34-11-8-28(9-12-34)22-15-31-10-7-21(22)17-36-28/h1,4-7,10,13-15,19,26H,2-3,8-9,11-12,16-17H2,(H,33,35)/t26-/m0/s1. The van der Waals surface area contributed by atoms with Gasteiger partial charge in [0.2, 0.25) is 5.91 Å². The number of nitrogens with zero attached hydrogens (tertiary/aromatic N) is 3. The van der Waals surface area contributed by atoms with Crippen molar-refractivity contribution in [2.24, 2.45) is 5.92 Å². The molecule has 2 fully saturated rings. The molecule has 0 unspecified atom stereocenters. The van der Waals surface area contributed by atoms with Crippen LogP contribution in [0, 0.1) is 17.6 Å². The molecule has 1 amide bonds. The van der Waals surface area contributed by atoms with Gasteiger partial charge < -0.3 is 10.1 Å². The Morgan fingerprint density at radius 1 is 1.11 bits per heavy atom. The van der Waals surface area contributed by atoms with E-state index in [1.54, 1.807) is 6.20 Å². The summed E-state index contributed by atoms with van der Waals surface area (Å²) in [5.74, 6) is -1.95. The summed E-state index contributed by atoms with van der Waals surface area (Å²) in [5, 5.41) is 2.98. The van der Waals surface area contributed by atoms with Crippen molar-refractivity contribution in [1.82, 2.24) is 20.2 Å². The molecule has 1 N–H and O–H groups in total. The number of carbonyl (C=O) groups is 1. The predicted octanol–water partition coefficient (Wildman–Crippen LogP) is 4.39. The fourth-order valence-corrected chi connectivity index (χ4v) is 5.32. The van der Waals surface area contributed by atoms with Gasteiger partial charge in [-0.05, 0) is 66.6 Å². The van der Waals surface area contributed by atoms with E-state index in [-0.39, 0.29) is 17.4 Å². The van der Waals surface area contributed by atoms with E-state index in [9.17, 15) is 13.6 Å². The Balaban J connectivity index is 1.14. The average molecular weight is 491 g/mol. The van der Waals surface area contributed by atoms with Crippen LogP contribution in [-0.2, 0) is 28.3 Å². The van der Waals surface area contributed by atoms with Crippen LogP contribution in [0.1, 0.15) is 59.7 Å². The summed E-state index contributed by atoms with van der Waals surface area (Å²) in [6.45, 7) is 3.23. The van der Waals surface area contributed by atoms with Crippen LogP contribution >= 0.6 is 0 Å². The maximum Gasteiger partial charge on any atom is 0.223 e. The molecule has 1 saturated heterocycles. The third-order valence-electron chi connectivity index (χ3n) is 7.63. The van der Waals surface area contributed by atoms with Gasteiger partial charge >= 0.3 is 0 Å². The van der Waals surface area contributed by atoms with Crippen LogP contribution < -0.4 is 5.32 Å². The molecule has 0 bridgehead atoms. The molecule has 3 aromatic rings. The number of aromatic nitrogens is 2. The molecule has 2 aromatic heterocycles. The number of likely N-dealkylation sites (tertiary alicyclic amines) is 1. The van der Waals surface area contributed by atoms with E-state index in [1.807, 2.05) is 30.6 Å². The average Bonchev–Trinajstić information content (AvgIpc) is 3.70. The van der Waals surface area contributed by atoms with Crippen molar-refractivity contribution in [3.8, 4) is 0 Å². The Hall–Kier alpha value is -3.23. The van der Waals surface area contributed by atoms with Crippen molar-refractivity contribution < 1.29 is 18.3 Å². The lowest BCUT2D eigenvalue weighted by Crippen LogP contribution is -2.42. The molecule has 186 valence electrons. The van der Waals surface area contributed by atoms with Gasteiger partial charge in [-0.1, -0.05) is 12.1 Å². The molecule has 1 atom stereocenters. The fourth-order valence-electron chi connectivity index (χ4n) is 5.32. The van der Waals surface area contributed by atoms with Crippen LogP contribution in [-0.4, -0.2) is 33.9 Å². The zero-order valence-corrected chi connectivity index (χ0v) is 19.9. The summed E-state index contributed by atoms with van der Waals surface area (Å²) in [6, 6.07) is 8.98. The van der Waals surface area contributed by atoms with Gasteiger partial charge in [0, 0.05) is 49.7 Å². The number of carbonyl (C=O) groups excluding carboxylic acids is 1. The Bertz CT molecular complexity index is 1270. The van der Waals surface area contributed by atoms with Gasteiger partial charge in [-0.25, -0.2) is 8.78 Å². The SMILES string of the molecule is O=C(N[C@@H](c1ccc(F)c(F)c1)c1ccc(CN2CCC3(CC2)OCc2ccncc23)cn1)C1CC1. The summed E-state index contributed by atoms with van der Waals surface area (Å²) >= 11 is 0. The highest BCUT2D eigenvalue weighted by atomic mass is 19.2. The Morgan fingerprint density at radius 3 is 2.67 bits per heavy atom. The third-order valence-corrected chi connectivity index (χ3v) is 7.63. The van der Waals surface area contributed by atoms with E-state index >= 15 is 0 Å². The van der Waals surface area contributed by atoms with Crippen LogP contribution in [0.15, 0.2) is 55.0 Å². The van der Waals surface area contributed by atoms with Gasteiger partial charge in [-0.3, -0.25) is 19.7 Å². The minimum Gasteiger partial charge on any atom is -0.365 e. The van der Waals surface area contributed by atoms with Crippen molar-refractivity contribution in [3.63, 3.8) is 0 Å². The second kappa shape index (κ2) is 9.33. The first-order valence-electron chi connectivity index (χ1n) is 12.5. The minimum atomic E-state index is -0.942. The van der Waals surface area contributed by atoms with Crippen molar-refractivity contribution in [2.75, 3.05) is 13.1 Å². The van der Waals surface area contributed by atoms with Gasteiger partial charge in [0.25, 0.3) is 0 Å². The summed E-state index contributed by atoms with van der Waals surface area (Å²) in [4.78, 5) is 23.8. The molecule has 1 spiro atoms. The number of ether oxygens (including phenoxy) is 1. The lowest BCUT2D eigenvalue weighted by molar-refractivity contribution is -0.122. The lowest BCUT2D eigenvalue weighted by Gasteiger charge is -2.39. The second-order valence-corrected chi connectivity index (χ2v) is 10.1. The van der Waals surface area contributed by atoms with Crippen molar-refractivity contribution in [2.45, 2.75) is 50.5 Å². The molecule has 4 heterocycles. The van der Waals surface area contributed by atoms with Crippen LogP contribution in [0.2, 0.25) is 0 Å². The maximum absolute atomic E-state index is 14.0. The molecule has 3 aliphatic rings. The highest BCUT2D eigenvalue weighted by molar-refractivity contribution is 5.81. The monoisotopic (exact) mass is 490 g/mol.